The van der Waals surface area contributed by atoms with E-state index in [1.807, 2.05) is 28.7 Å². The Labute approximate surface area is 282 Å². The van der Waals surface area contributed by atoms with Gasteiger partial charge in [-0.15, -0.1) is 0 Å². The SMILES string of the molecule is N#Cc1ccc2c(c1)C(c1ccccc1)(c1ccccc1)c1cc(-c3cccc(-c4ccc5nc6c7ccccc7oc6n5c4)c3)ccc1-2. The molecule has 49 heavy (non-hydrogen) atoms. The number of nitrogens with zero attached hydrogens (tertiary/aromatic N) is 3. The summed E-state index contributed by atoms with van der Waals surface area (Å²) in [4.78, 5) is 4.88. The highest BCUT2D eigenvalue weighted by atomic mass is 16.3. The van der Waals surface area contributed by atoms with Crippen molar-refractivity contribution in [3.8, 4) is 39.4 Å². The molecule has 9 aromatic rings. The summed E-state index contributed by atoms with van der Waals surface area (Å²) in [5.41, 5.74) is 14.9. The summed E-state index contributed by atoms with van der Waals surface area (Å²) < 4.78 is 8.30. The summed E-state index contributed by atoms with van der Waals surface area (Å²) >= 11 is 0. The van der Waals surface area contributed by atoms with E-state index in [-0.39, 0.29) is 0 Å². The molecule has 10 rings (SSSR count). The van der Waals surface area contributed by atoms with E-state index < -0.39 is 5.41 Å². The number of hydrogen-bond donors (Lipinski definition) is 0. The van der Waals surface area contributed by atoms with Crippen molar-refractivity contribution in [2.24, 2.45) is 0 Å². The molecule has 4 nitrogen and oxygen atoms in total. The molecular formula is C45H27N3O. The van der Waals surface area contributed by atoms with Crippen LogP contribution in [0.4, 0.5) is 0 Å². The fourth-order valence-corrected chi connectivity index (χ4v) is 7.94. The third kappa shape index (κ3) is 3.94. The Balaban J connectivity index is 1.15. The number of pyridine rings is 1. The predicted molar refractivity (Wildman–Crippen MR) is 195 cm³/mol. The van der Waals surface area contributed by atoms with Crippen molar-refractivity contribution in [3.63, 3.8) is 0 Å². The summed E-state index contributed by atoms with van der Waals surface area (Å²) in [6.07, 6.45) is 2.12. The van der Waals surface area contributed by atoms with Gasteiger partial charge in [0.1, 0.15) is 16.7 Å². The largest absolute Gasteiger partial charge is 0.437 e. The number of aromatic nitrogens is 2. The van der Waals surface area contributed by atoms with Crippen molar-refractivity contribution in [1.29, 1.82) is 5.26 Å². The summed E-state index contributed by atoms with van der Waals surface area (Å²) in [5.74, 6) is 0. The standard InChI is InChI=1S/C45H27N3O/c46-27-29-18-21-36-37-22-19-32(26-40(37)45(39(36)24-29,34-12-3-1-4-13-34)35-14-5-2-6-15-35)30-10-9-11-31(25-30)33-20-23-42-47-43-38-16-7-8-17-41(38)49-44(43)48(42)28-33/h1-26,28H. The zero-order valence-corrected chi connectivity index (χ0v) is 26.3. The van der Waals surface area contributed by atoms with E-state index in [4.69, 9.17) is 9.40 Å². The Morgan fingerprint density at radius 1 is 0.571 bits per heavy atom. The molecule has 0 saturated carbocycles. The van der Waals surface area contributed by atoms with Crippen molar-refractivity contribution in [3.05, 3.63) is 192 Å². The highest BCUT2D eigenvalue weighted by Gasteiger charge is 2.46. The number of rotatable bonds is 4. The molecule has 0 aliphatic heterocycles. The fraction of sp³-hybridized carbons (Fsp3) is 0.0222. The lowest BCUT2D eigenvalue weighted by Gasteiger charge is -2.34. The molecule has 0 atom stereocenters. The number of hydrogen-bond acceptors (Lipinski definition) is 3. The number of benzene rings is 6. The molecular weight excluding hydrogens is 599 g/mol. The number of nitriles is 1. The minimum absolute atomic E-state index is 0.585. The maximum absolute atomic E-state index is 9.98. The van der Waals surface area contributed by atoms with E-state index in [9.17, 15) is 5.26 Å². The molecule has 0 saturated heterocycles. The number of furan rings is 1. The second-order valence-electron chi connectivity index (χ2n) is 12.7. The van der Waals surface area contributed by atoms with Gasteiger partial charge in [-0.3, -0.25) is 4.40 Å². The van der Waals surface area contributed by atoms with E-state index in [0.717, 1.165) is 61.2 Å². The maximum atomic E-state index is 9.98. The average molecular weight is 626 g/mol. The van der Waals surface area contributed by atoms with Gasteiger partial charge in [0.2, 0.25) is 5.71 Å². The van der Waals surface area contributed by atoms with Crippen LogP contribution in [-0.4, -0.2) is 9.38 Å². The van der Waals surface area contributed by atoms with Crippen LogP contribution in [0.15, 0.2) is 168 Å². The Hall–Kier alpha value is -6.70. The van der Waals surface area contributed by atoms with E-state index in [2.05, 4.69) is 146 Å². The van der Waals surface area contributed by atoms with Gasteiger partial charge in [0.05, 0.1) is 17.0 Å². The topological polar surface area (TPSA) is 54.2 Å². The van der Waals surface area contributed by atoms with E-state index >= 15 is 0 Å². The summed E-state index contributed by atoms with van der Waals surface area (Å²) in [7, 11) is 0. The second kappa shape index (κ2) is 10.4. The van der Waals surface area contributed by atoms with Crippen LogP contribution in [0.25, 0.3) is 61.2 Å². The van der Waals surface area contributed by atoms with E-state index in [0.29, 0.717) is 5.56 Å². The lowest BCUT2D eigenvalue weighted by atomic mass is 9.67. The quantitative estimate of drug-likeness (QED) is 0.196. The Morgan fingerprint density at radius 2 is 1.20 bits per heavy atom. The monoisotopic (exact) mass is 625 g/mol. The average Bonchev–Trinajstić information content (AvgIpc) is 3.81. The molecule has 3 aromatic heterocycles. The van der Waals surface area contributed by atoms with E-state index in [1.165, 1.54) is 22.3 Å². The smallest absolute Gasteiger partial charge is 0.232 e. The van der Waals surface area contributed by atoms with Crippen LogP contribution in [0.3, 0.4) is 0 Å². The fourth-order valence-electron chi connectivity index (χ4n) is 7.94. The lowest BCUT2D eigenvalue weighted by Crippen LogP contribution is -2.28. The molecule has 3 heterocycles. The molecule has 0 radical (unpaired) electrons. The zero-order valence-electron chi connectivity index (χ0n) is 26.3. The molecule has 0 N–H and O–H groups in total. The molecule has 0 bridgehead atoms. The molecule has 1 aliphatic carbocycles. The first-order chi connectivity index (χ1) is 24.2. The van der Waals surface area contributed by atoms with Gasteiger partial charge in [-0.05, 0) is 104 Å². The zero-order chi connectivity index (χ0) is 32.5. The van der Waals surface area contributed by atoms with Crippen LogP contribution in [0.2, 0.25) is 0 Å². The maximum Gasteiger partial charge on any atom is 0.232 e. The van der Waals surface area contributed by atoms with Crippen LogP contribution in [-0.2, 0) is 5.41 Å². The first-order valence-corrected chi connectivity index (χ1v) is 16.4. The van der Waals surface area contributed by atoms with Gasteiger partial charge in [-0.25, -0.2) is 4.98 Å². The molecule has 1 aliphatic rings. The third-order valence-corrected chi connectivity index (χ3v) is 10.1. The molecule has 228 valence electrons. The van der Waals surface area contributed by atoms with E-state index in [1.54, 1.807) is 0 Å². The highest BCUT2D eigenvalue weighted by Crippen LogP contribution is 2.57. The Kier molecular flexibility index (Phi) is 5.82. The van der Waals surface area contributed by atoms with Crippen molar-refractivity contribution in [1.82, 2.24) is 9.38 Å². The van der Waals surface area contributed by atoms with Crippen LogP contribution in [0, 0.1) is 11.3 Å². The van der Waals surface area contributed by atoms with Gasteiger partial charge in [-0.1, -0.05) is 109 Å². The van der Waals surface area contributed by atoms with Crippen molar-refractivity contribution < 1.29 is 4.42 Å². The summed E-state index contributed by atoms with van der Waals surface area (Å²) in [6.45, 7) is 0. The first-order valence-electron chi connectivity index (χ1n) is 16.4. The Bertz CT molecular complexity index is 2740. The van der Waals surface area contributed by atoms with Gasteiger partial charge in [0.25, 0.3) is 0 Å². The van der Waals surface area contributed by atoms with Crippen LogP contribution < -0.4 is 0 Å². The van der Waals surface area contributed by atoms with Crippen molar-refractivity contribution in [2.45, 2.75) is 5.41 Å². The van der Waals surface area contributed by atoms with Gasteiger partial charge in [0, 0.05) is 11.6 Å². The molecule has 6 aromatic carbocycles. The van der Waals surface area contributed by atoms with Crippen LogP contribution >= 0.6 is 0 Å². The van der Waals surface area contributed by atoms with Crippen LogP contribution in [0.5, 0.6) is 0 Å². The second-order valence-corrected chi connectivity index (χ2v) is 12.7. The minimum Gasteiger partial charge on any atom is -0.437 e. The minimum atomic E-state index is -0.585. The number of fused-ring (bicyclic) bond motifs is 8. The number of para-hydroxylation sites is 1. The van der Waals surface area contributed by atoms with Gasteiger partial charge < -0.3 is 4.42 Å². The lowest BCUT2D eigenvalue weighted by molar-refractivity contribution is 0.649. The van der Waals surface area contributed by atoms with Crippen molar-refractivity contribution in [2.75, 3.05) is 0 Å². The van der Waals surface area contributed by atoms with Gasteiger partial charge >= 0.3 is 0 Å². The Morgan fingerprint density at radius 3 is 1.96 bits per heavy atom. The number of imidazole rings is 1. The predicted octanol–water partition coefficient (Wildman–Crippen LogP) is 10.8. The molecule has 0 fully saturated rings. The molecule has 0 amide bonds. The summed E-state index contributed by atoms with van der Waals surface area (Å²) in [6, 6.07) is 57.7. The van der Waals surface area contributed by atoms with Crippen LogP contribution in [0.1, 0.15) is 27.8 Å². The van der Waals surface area contributed by atoms with Crippen molar-refractivity contribution >= 4 is 27.8 Å². The highest BCUT2D eigenvalue weighted by molar-refractivity contribution is 6.03. The third-order valence-electron chi connectivity index (χ3n) is 10.1. The van der Waals surface area contributed by atoms with Gasteiger partial charge in [-0.2, -0.15) is 5.26 Å². The normalized spacial score (nSPS) is 13.0. The summed E-state index contributed by atoms with van der Waals surface area (Å²) in [5, 5.41) is 11.0. The van der Waals surface area contributed by atoms with Gasteiger partial charge in [0.15, 0.2) is 0 Å². The first kappa shape index (κ1) is 27.4. The molecule has 0 spiro atoms. The molecule has 0 unspecified atom stereocenters. The molecule has 4 heteroatoms.